The highest BCUT2D eigenvalue weighted by molar-refractivity contribution is 5.11. The summed E-state index contributed by atoms with van der Waals surface area (Å²) in [5, 5.41) is 3.65. The van der Waals surface area contributed by atoms with Gasteiger partial charge in [0.15, 0.2) is 0 Å². The van der Waals surface area contributed by atoms with Gasteiger partial charge in [-0.05, 0) is 57.3 Å². The lowest BCUT2D eigenvalue weighted by Crippen LogP contribution is -2.45. The van der Waals surface area contributed by atoms with E-state index in [-0.39, 0.29) is 5.82 Å². The van der Waals surface area contributed by atoms with Crippen LogP contribution in [0.5, 0.6) is 0 Å². The summed E-state index contributed by atoms with van der Waals surface area (Å²) in [5.41, 5.74) is 1.01. The van der Waals surface area contributed by atoms with E-state index in [9.17, 15) is 4.39 Å². The third-order valence-electron chi connectivity index (χ3n) is 4.78. The molecule has 0 radical (unpaired) electrons. The van der Waals surface area contributed by atoms with Gasteiger partial charge in [-0.3, -0.25) is 9.88 Å². The summed E-state index contributed by atoms with van der Waals surface area (Å²) in [6.07, 6.45) is 7.49. The summed E-state index contributed by atoms with van der Waals surface area (Å²) >= 11 is 0. The molecule has 2 aliphatic heterocycles. The van der Waals surface area contributed by atoms with E-state index in [1.54, 1.807) is 0 Å². The number of aromatic nitrogens is 1. The first-order valence-electron chi connectivity index (χ1n) is 7.90. The van der Waals surface area contributed by atoms with Gasteiger partial charge in [0, 0.05) is 12.1 Å². The molecule has 1 aromatic rings. The lowest BCUT2D eigenvalue weighted by Gasteiger charge is -2.35. The molecule has 110 valence electrons. The Bertz CT molecular complexity index is 428. The van der Waals surface area contributed by atoms with E-state index in [0.717, 1.165) is 25.2 Å². The minimum atomic E-state index is -0.251. The molecular weight excluding hydrogens is 253 g/mol. The number of rotatable bonds is 4. The SMILES string of the molecule is CCC(c1ccc(F)cn1)N1CCCC1C1CCCN1. The molecule has 0 saturated carbocycles. The Kier molecular flexibility index (Phi) is 4.32. The molecule has 2 fully saturated rings. The third kappa shape index (κ3) is 2.72. The zero-order valence-electron chi connectivity index (χ0n) is 12.2. The summed E-state index contributed by atoms with van der Waals surface area (Å²) in [6.45, 7) is 4.49. The lowest BCUT2D eigenvalue weighted by molar-refractivity contribution is 0.146. The van der Waals surface area contributed by atoms with E-state index in [4.69, 9.17) is 0 Å². The van der Waals surface area contributed by atoms with Crippen LogP contribution in [0.2, 0.25) is 0 Å². The van der Waals surface area contributed by atoms with Gasteiger partial charge in [-0.15, -0.1) is 0 Å². The number of nitrogens with one attached hydrogen (secondary N) is 1. The Morgan fingerprint density at radius 1 is 1.40 bits per heavy atom. The van der Waals surface area contributed by atoms with Crippen LogP contribution in [0.25, 0.3) is 0 Å². The summed E-state index contributed by atoms with van der Waals surface area (Å²) in [6, 6.07) is 4.96. The molecule has 0 aliphatic carbocycles. The van der Waals surface area contributed by atoms with E-state index in [1.807, 2.05) is 6.07 Å². The average molecular weight is 277 g/mol. The Labute approximate surface area is 120 Å². The van der Waals surface area contributed by atoms with Crippen LogP contribution in [0.15, 0.2) is 18.3 Å². The van der Waals surface area contributed by atoms with Crippen LogP contribution in [0.4, 0.5) is 4.39 Å². The number of hydrogen-bond donors (Lipinski definition) is 1. The third-order valence-corrected chi connectivity index (χ3v) is 4.78. The van der Waals surface area contributed by atoms with Gasteiger partial charge in [-0.2, -0.15) is 0 Å². The molecule has 20 heavy (non-hydrogen) atoms. The number of likely N-dealkylation sites (tertiary alicyclic amines) is 1. The summed E-state index contributed by atoms with van der Waals surface area (Å²) in [7, 11) is 0. The molecule has 3 nitrogen and oxygen atoms in total. The highest BCUT2D eigenvalue weighted by Gasteiger charge is 2.37. The van der Waals surface area contributed by atoms with Crippen LogP contribution < -0.4 is 5.32 Å². The van der Waals surface area contributed by atoms with Crippen molar-refractivity contribution < 1.29 is 4.39 Å². The number of hydrogen-bond acceptors (Lipinski definition) is 3. The van der Waals surface area contributed by atoms with Crippen LogP contribution in [0, 0.1) is 5.82 Å². The molecule has 3 rings (SSSR count). The van der Waals surface area contributed by atoms with Crippen molar-refractivity contribution in [2.75, 3.05) is 13.1 Å². The van der Waals surface area contributed by atoms with E-state index in [2.05, 4.69) is 22.1 Å². The van der Waals surface area contributed by atoms with Gasteiger partial charge in [0.05, 0.1) is 17.9 Å². The molecular formula is C16H24FN3. The molecule has 0 spiro atoms. The normalized spacial score (nSPS) is 28.9. The molecule has 3 heterocycles. The van der Waals surface area contributed by atoms with Crippen molar-refractivity contribution in [3.63, 3.8) is 0 Å². The van der Waals surface area contributed by atoms with Gasteiger partial charge >= 0.3 is 0 Å². The predicted molar refractivity (Wildman–Crippen MR) is 78.0 cm³/mol. The number of pyridine rings is 1. The molecule has 4 heteroatoms. The number of nitrogens with zero attached hydrogens (tertiary/aromatic N) is 2. The van der Waals surface area contributed by atoms with Gasteiger partial charge in [0.1, 0.15) is 5.82 Å². The van der Waals surface area contributed by atoms with Crippen molar-refractivity contribution >= 4 is 0 Å². The van der Waals surface area contributed by atoms with Gasteiger partial charge in [-0.1, -0.05) is 6.92 Å². The van der Waals surface area contributed by atoms with Crippen molar-refractivity contribution in [1.82, 2.24) is 15.2 Å². The highest BCUT2D eigenvalue weighted by Crippen LogP contribution is 2.34. The Morgan fingerprint density at radius 3 is 2.95 bits per heavy atom. The van der Waals surface area contributed by atoms with Gasteiger partial charge in [0.2, 0.25) is 0 Å². The fourth-order valence-electron chi connectivity index (χ4n) is 3.87. The second-order valence-electron chi connectivity index (χ2n) is 5.98. The first-order valence-corrected chi connectivity index (χ1v) is 7.90. The fourth-order valence-corrected chi connectivity index (χ4v) is 3.87. The molecule has 0 aromatic carbocycles. The van der Waals surface area contributed by atoms with E-state index in [1.165, 1.54) is 37.9 Å². The molecule has 3 unspecified atom stereocenters. The maximum Gasteiger partial charge on any atom is 0.141 e. The van der Waals surface area contributed by atoms with Crippen LogP contribution in [-0.4, -0.2) is 35.1 Å². The van der Waals surface area contributed by atoms with Crippen LogP contribution >= 0.6 is 0 Å². The minimum absolute atomic E-state index is 0.251. The van der Waals surface area contributed by atoms with Crippen molar-refractivity contribution in [2.24, 2.45) is 0 Å². The van der Waals surface area contributed by atoms with Crippen LogP contribution in [0.3, 0.4) is 0 Å². The maximum absolute atomic E-state index is 13.1. The molecule has 2 aliphatic rings. The van der Waals surface area contributed by atoms with E-state index in [0.29, 0.717) is 18.1 Å². The van der Waals surface area contributed by atoms with Crippen LogP contribution in [0.1, 0.15) is 50.8 Å². The average Bonchev–Trinajstić information content (AvgIpc) is 3.12. The quantitative estimate of drug-likeness (QED) is 0.917. The first kappa shape index (κ1) is 14.0. The fraction of sp³-hybridized carbons (Fsp3) is 0.688. The second-order valence-corrected chi connectivity index (χ2v) is 5.98. The van der Waals surface area contributed by atoms with Gasteiger partial charge < -0.3 is 5.32 Å². The van der Waals surface area contributed by atoms with Crippen LogP contribution in [-0.2, 0) is 0 Å². The second kappa shape index (κ2) is 6.19. The summed E-state index contributed by atoms with van der Waals surface area (Å²) in [4.78, 5) is 6.92. The Hall–Kier alpha value is -1.00. The monoisotopic (exact) mass is 277 g/mol. The van der Waals surface area contributed by atoms with Crippen molar-refractivity contribution in [3.05, 3.63) is 29.8 Å². The van der Waals surface area contributed by atoms with Crippen molar-refractivity contribution in [1.29, 1.82) is 0 Å². The topological polar surface area (TPSA) is 28.2 Å². The zero-order chi connectivity index (χ0) is 13.9. The van der Waals surface area contributed by atoms with Crippen molar-refractivity contribution in [2.45, 2.75) is 57.2 Å². The zero-order valence-corrected chi connectivity index (χ0v) is 12.2. The largest absolute Gasteiger partial charge is 0.312 e. The minimum Gasteiger partial charge on any atom is -0.312 e. The smallest absolute Gasteiger partial charge is 0.141 e. The predicted octanol–water partition coefficient (Wildman–Crippen LogP) is 2.89. The van der Waals surface area contributed by atoms with Gasteiger partial charge in [-0.25, -0.2) is 4.39 Å². The summed E-state index contributed by atoms with van der Waals surface area (Å²) < 4.78 is 13.1. The Balaban J connectivity index is 1.78. The highest BCUT2D eigenvalue weighted by atomic mass is 19.1. The van der Waals surface area contributed by atoms with Crippen molar-refractivity contribution in [3.8, 4) is 0 Å². The Morgan fingerprint density at radius 2 is 2.30 bits per heavy atom. The molecule has 1 aromatic heterocycles. The van der Waals surface area contributed by atoms with Gasteiger partial charge in [0.25, 0.3) is 0 Å². The molecule has 0 amide bonds. The summed E-state index contributed by atoms with van der Waals surface area (Å²) in [5.74, 6) is -0.251. The van der Waals surface area contributed by atoms with E-state index < -0.39 is 0 Å². The molecule has 3 atom stereocenters. The molecule has 1 N–H and O–H groups in total. The maximum atomic E-state index is 13.1. The molecule has 2 saturated heterocycles. The first-order chi connectivity index (χ1) is 9.79. The lowest BCUT2D eigenvalue weighted by atomic mass is 10.0. The molecule has 0 bridgehead atoms. The standard InChI is InChI=1S/C16H24FN3/c1-2-15(14-8-7-12(17)11-19-14)20-10-4-6-16(20)13-5-3-9-18-13/h7-8,11,13,15-16,18H,2-6,9-10H2,1H3. The number of halogens is 1. The van der Waals surface area contributed by atoms with E-state index >= 15 is 0 Å².